The predicted octanol–water partition coefficient (Wildman–Crippen LogP) is 1.65. The molecule has 2 rings (SSSR count). The van der Waals surface area contributed by atoms with Crippen LogP contribution >= 0.6 is 0 Å². The van der Waals surface area contributed by atoms with Gasteiger partial charge in [-0.3, -0.25) is 4.98 Å². The maximum atomic E-state index is 13.5. The lowest BCUT2D eigenvalue weighted by molar-refractivity contribution is 0.285. The van der Waals surface area contributed by atoms with E-state index in [9.17, 15) is 4.39 Å². The molecule has 0 atom stereocenters. The van der Waals surface area contributed by atoms with Gasteiger partial charge in [0.25, 0.3) is 0 Å². The van der Waals surface area contributed by atoms with Crippen LogP contribution in [0.3, 0.4) is 0 Å². The van der Waals surface area contributed by atoms with Crippen LogP contribution in [0.25, 0.3) is 0 Å². The van der Waals surface area contributed by atoms with Gasteiger partial charge in [0.1, 0.15) is 12.4 Å². The van der Waals surface area contributed by atoms with Gasteiger partial charge in [-0.05, 0) is 18.2 Å². The van der Waals surface area contributed by atoms with Gasteiger partial charge < -0.3 is 10.5 Å². The minimum Gasteiger partial charge on any atom is -0.484 e. The van der Waals surface area contributed by atoms with E-state index in [1.54, 1.807) is 0 Å². The van der Waals surface area contributed by atoms with Gasteiger partial charge in [-0.15, -0.1) is 0 Å². The third kappa shape index (κ3) is 2.71. The Morgan fingerprint density at radius 2 is 2.17 bits per heavy atom. The fourth-order valence-corrected chi connectivity index (χ4v) is 1.28. The topological polar surface area (TPSA) is 84.8 Å². The van der Waals surface area contributed by atoms with Crippen molar-refractivity contribution in [3.8, 4) is 11.8 Å². The van der Waals surface area contributed by atoms with E-state index >= 15 is 0 Å². The molecule has 0 spiro atoms. The quantitative estimate of drug-likeness (QED) is 0.887. The van der Waals surface area contributed by atoms with Crippen molar-refractivity contribution in [2.45, 2.75) is 6.61 Å². The van der Waals surface area contributed by atoms with E-state index in [-0.39, 0.29) is 17.9 Å². The Kier molecular flexibility index (Phi) is 3.34. The van der Waals surface area contributed by atoms with Gasteiger partial charge in [-0.1, -0.05) is 0 Å². The lowest BCUT2D eigenvalue weighted by atomic mass is 10.2. The van der Waals surface area contributed by atoms with Crippen molar-refractivity contribution in [3.63, 3.8) is 0 Å². The third-order valence-electron chi connectivity index (χ3n) is 2.16. The number of nitrogens with zero attached hydrogens (tertiary/aromatic N) is 3. The number of anilines is 1. The molecule has 0 aliphatic carbocycles. The molecule has 0 saturated carbocycles. The SMILES string of the molecule is N#Cc1ccc(OCc2cnc(N)cn2)c(F)c1. The molecule has 0 bridgehead atoms. The Morgan fingerprint density at radius 1 is 1.33 bits per heavy atom. The number of aromatic nitrogens is 2. The van der Waals surface area contributed by atoms with E-state index in [4.69, 9.17) is 15.7 Å². The number of rotatable bonds is 3. The number of nitriles is 1. The van der Waals surface area contributed by atoms with Crippen LogP contribution in [0.2, 0.25) is 0 Å². The first-order chi connectivity index (χ1) is 8.69. The van der Waals surface area contributed by atoms with Crippen LogP contribution in [0, 0.1) is 17.1 Å². The molecule has 1 aromatic carbocycles. The van der Waals surface area contributed by atoms with Crippen molar-refractivity contribution in [3.05, 3.63) is 47.7 Å². The molecule has 0 unspecified atom stereocenters. The van der Waals surface area contributed by atoms with E-state index in [0.29, 0.717) is 11.5 Å². The van der Waals surface area contributed by atoms with Crippen LogP contribution in [0.1, 0.15) is 11.3 Å². The highest BCUT2D eigenvalue weighted by atomic mass is 19.1. The monoisotopic (exact) mass is 244 g/mol. The van der Waals surface area contributed by atoms with Gasteiger partial charge in [0, 0.05) is 0 Å². The molecule has 6 heteroatoms. The highest BCUT2D eigenvalue weighted by Crippen LogP contribution is 2.18. The van der Waals surface area contributed by atoms with Crippen LogP contribution in [-0.4, -0.2) is 9.97 Å². The number of nitrogen functional groups attached to an aromatic ring is 1. The van der Waals surface area contributed by atoms with Crippen molar-refractivity contribution in [1.29, 1.82) is 5.26 Å². The highest BCUT2D eigenvalue weighted by Gasteiger charge is 2.05. The average molecular weight is 244 g/mol. The molecular formula is C12H9FN4O. The molecule has 5 nitrogen and oxygen atoms in total. The Balaban J connectivity index is 2.06. The van der Waals surface area contributed by atoms with Crippen molar-refractivity contribution >= 4 is 5.82 Å². The zero-order chi connectivity index (χ0) is 13.0. The lowest BCUT2D eigenvalue weighted by Gasteiger charge is -2.06. The van der Waals surface area contributed by atoms with E-state index in [2.05, 4.69) is 9.97 Å². The summed E-state index contributed by atoms with van der Waals surface area (Å²) in [6.45, 7) is 0.0795. The summed E-state index contributed by atoms with van der Waals surface area (Å²) in [7, 11) is 0. The Labute approximate surface area is 103 Å². The largest absolute Gasteiger partial charge is 0.484 e. The van der Waals surface area contributed by atoms with E-state index in [1.807, 2.05) is 6.07 Å². The standard InChI is InChI=1S/C12H9FN4O/c13-10-3-8(4-14)1-2-11(10)18-7-9-5-17-12(15)6-16-9/h1-3,5-6H,7H2,(H2,15,17). The molecule has 0 aliphatic heterocycles. The second-order valence-electron chi connectivity index (χ2n) is 3.48. The van der Waals surface area contributed by atoms with Crippen molar-refractivity contribution < 1.29 is 9.13 Å². The molecule has 0 amide bonds. The first kappa shape index (κ1) is 11.8. The fourth-order valence-electron chi connectivity index (χ4n) is 1.28. The molecule has 18 heavy (non-hydrogen) atoms. The van der Waals surface area contributed by atoms with E-state index in [0.717, 1.165) is 6.07 Å². The molecule has 0 radical (unpaired) electrons. The summed E-state index contributed by atoms with van der Waals surface area (Å²) >= 11 is 0. The molecule has 2 aromatic rings. The predicted molar refractivity (Wildman–Crippen MR) is 61.9 cm³/mol. The van der Waals surface area contributed by atoms with Crippen LogP contribution in [-0.2, 0) is 6.61 Å². The Hall–Kier alpha value is -2.68. The van der Waals surface area contributed by atoms with E-state index < -0.39 is 5.82 Å². The first-order valence-electron chi connectivity index (χ1n) is 5.08. The number of halogens is 1. The second kappa shape index (κ2) is 5.10. The molecule has 1 aromatic heterocycles. The van der Waals surface area contributed by atoms with E-state index in [1.165, 1.54) is 24.5 Å². The van der Waals surface area contributed by atoms with Gasteiger partial charge >= 0.3 is 0 Å². The summed E-state index contributed by atoms with van der Waals surface area (Å²) in [5.74, 6) is -0.214. The zero-order valence-electron chi connectivity index (χ0n) is 9.30. The minimum atomic E-state index is -0.586. The molecule has 0 aliphatic rings. The van der Waals surface area contributed by atoms with Crippen molar-refractivity contribution in [2.24, 2.45) is 0 Å². The summed E-state index contributed by atoms with van der Waals surface area (Å²) in [6.07, 6.45) is 2.85. The zero-order valence-corrected chi connectivity index (χ0v) is 9.30. The van der Waals surface area contributed by atoms with Crippen LogP contribution in [0.4, 0.5) is 10.2 Å². The smallest absolute Gasteiger partial charge is 0.166 e. The first-order valence-corrected chi connectivity index (χ1v) is 5.08. The van der Waals surface area contributed by atoms with Gasteiger partial charge in [0.15, 0.2) is 11.6 Å². The van der Waals surface area contributed by atoms with Crippen molar-refractivity contribution in [1.82, 2.24) is 9.97 Å². The van der Waals surface area contributed by atoms with Crippen LogP contribution in [0.5, 0.6) is 5.75 Å². The Morgan fingerprint density at radius 3 is 2.78 bits per heavy atom. The molecule has 2 N–H and O–H groups in total. The number of hydrogen-bond acceptors (Lipinski definition) is 5. The van der Waals surface area contributed by atoms with Gasteiger partial charge in [-0.2, -0.15) is 5.26 Å². The number of benzene rings is 1. The number of ether oxygens (including phenoxy) is 1. The summed E-state index contributed by atoms with van der Waals surface area (Å²) in [5, 5.41) is 8.60. The maximum Gasteiger partial charge on any atom is 0.166 e. The minimum absolute atomic E-state index is 0.0626. The van der Waals surface area contributed by atoms with Gasteiger partial charge in [-0.25, -0.2) is 9.37 Å². The summed E-state index contributed by atoms with van der Waals surface area (Å²) in [6, 6.07) is 5.84. The Bertz CT molecular complexity index is 592. The number of hydrogen-bond donors (Lipinski definition) is 1. The molecule has 90 valence electrons. The number of nitrogens with two attached hydrogens (primary N) is 1. The second-order valence-corrected chi connectivity index (χ2v) is 3.48. The molecule has 1 heterocycles. The maximum absolute atomic E-state index is 13.5. The molecule has 0 fully saturated rings. The highest BCUT2D eigenvalue weighted by molar-refractivity contribution is 5.36. The lowest BCUT2D eigenvalue weighted by Crippen LogP contribution is -2.02. The third-order valence-corrected chi connectivity index (χ3v) is 2.16. The fraction of sp³-hybridized carbons (Fsp3) is 0.0833. The summed E-state index contributed by atoms with van der Waals surface area (Å²) in [4.78, 5) is 7.81. The van der Waals surface area contributed by atoms with Gasteiger partial charge in [0.2, 0.25) is 0 Å². The van der Waals surface area contributed by atoms with Crippen molar-refractivity contribution in [2.75, 3.05) is 5.73 Å². The normalized spacial score (nSPS) is 9.78. The summed E-state index contributed by atoms with van der Waals surface area (Å²) < 4.78 is 18.7. The van der Waals surface area contributed by atoms with Crippen LogP contribution in [0.15, 0.2) is 30.6 Å². The molecule has 0 saturated heterocycles. The average Bonchev–Trinajstić information content (AvgIpc) is 2.39. The summed E-state index contributed by atoms with van der Waals surface area (Å²) in [5.41, 5.74) is 6.16. The van der Waals surface area contributed by atoms with Crippen LogP contribution < -0.4 is 10.5 Å². The molecular weight excluding hydrogens is 235 g/mol. The van der Waals surface area contributed by atoms with Gasteiger partial charge in [0.05, 0.1) is 29.7 Å².